The zero-order valence-corrected chi connectivity index (χ0v) is 14.1. The summed E-state index contributed by atoms with van der Waals surface area (Å²) in [6.45, 7) is 5.77. The van der Waals surface area contributed by atoms with Gasteiger partial charge in [0.15, 0.2) is 0 Å². The van der Waals surface area contributed by atoms with E-state index in [9.17, 15) is 4.79 Å². The Labute approximate surface area is 139 Å². The molecule has 0 aromatic carbocycles. The minimum atomic E-state index is 0.101. The molecule has 23 heavy (non-hydrogen) atoms. The van der Waals surface area contributed by atoms with Gasteiger partial charge in [-0.05, 0) is 25.7 Å². The van der Waals surface area contributed by atoms with Crippen molar-refractivity contribution in [2.75, 3.05) is 37.7 Å². The van der Waals surface area contributed by atoms with Gasteiger partial charge in [0.05, 0.1) is 19.3 Å². The molecule has 0 aliphatic carbocycles. The Morgan fingerprint density at radius 1 is 1.35 bits per heavy atom. The first-order valence-corrected chi connectivity index (χ1v) is 9.12. The molecule has 8 heteroatoms. The summed E-state index contributed by atoms with van der Waals surface area (Å²) < 4.78 is 5.94. The molecule has 126 valence electrons. The number of aromatic nitrogens is 2. The molecule has 3 aliphatic heterocycles. The molecule has 3 atom stereocenters. The fourth-order valence-electron chi connectivity index (χ4n) is 3.70. The Hall–Kier alpha value is -1.25. The van der Waals surface area contributed by atoms with E-state index in [1.807, 2.05) is 6.92 Å². The third-order valence-corrected chi connectivity index (χ3v) is 5.84. The van der Waals surface area contributed by atoms with Crippen molar-refractivity contribution in [1.82, 2.24) is 15.3 Å². The smallest absolute Gasteiger partial charge is 0.246 e. The normalized spacial score (nSPS) is 30.7. The van der Waals surface area contributed by atoms with Gasteiger partial charge in [0, 0.05) is 32.0 Å². The molecule has 3 saturated heterocycles. The first-order chi connectivity index (χ1) is 11.2. The van der Waals surface area contributed by atoms with Crippen LogP contribution in [-0.4, -0.2) is 60.1 Å². The zero-order chi connectivity index (χ0) is 15.8. The molecule has 0 radical (unpaired) electrons. The number of anilines is 1. The van der Waals surface area contributed by atoms with Crippen LogP contribution in [0, 0.1) is 18.8 Å². The predicted molar refractivity (Wildman–Crippen MR) is 85.1 cm³/mol. The second-order valence-electron chi connectivity index (χ2n) is 6.54. The van der Waals surface area contributed by atoms with Crippen LogP contribution < -0.4 is 4.90 Å². The van der Waals surface area contributed by atoms with E-state index in [1.165, 1.54) is 0 Å². The van der Waals surface area contributed by atoms with Crippen molar-refractivity contribution in [3.8, 4) is 0 Å². The number of aryl methyl sites for hydroxylation is 1. The van der Waals surface area contributed by atoms with E-state index < -0.39 is 0 Å². The van der Waals surface area contributed by atoms with Crippen LogP contribution in [0.5, 0.6) is 0 Å². The minimum absolute atomic E-state index is 0.101. The number of carbonyl (C=O) groups excluding carboxylic acids is 1. The number of hydrogen-bond donors (Lipinski definition) is 0. The molecular weight excluding hydrogens is 316 g/mol. The fraction of sp³-hybridized carbons (Fsp3) is 0.800. The first kappa shape index (κ1) is 15.3. The Morgan fingerprint density at radius 3 is 3.00 bits per heavy atom. The van der Waals surface area contributed by atoms with Gasteiger partial charge in [-0.15, -0.1) is 10.2 Å². The van der Waals surface area contributed by atoms with Crippen molar-refractivity contribution < 1.29 is 14.4 Å². The summed E-state index contributed by atoms with van der Waals surface area (Å²) in [5.41, 5.74) is 0. The van der Waals surface area contributed by atoms with Gasteiger partial charge in [0.25, 0.3) is 0 Å². The van der Waals surface area contributed by atoms with Crippen LogP contribution >= 0.6 is 11.3 Å². The SMILES string of the molecule is Cc1nnc(N2C[C@@H]3[C@H](CC(=O)N4CCCCO4)CO[C@@H]3C2)s1. The van der Waals surface area contributed by atoms with Crippen LogP contribution in [-0.2, 0) is 14.4 Å². The average molecular weight is 338 g/mol. The second-order valence-corrected chi connectivity index (χ2v) is 7.70. The fourth-order valence-corrected chi connectivity index (χ4v) is 4.40. The molecule has 3 fully saturated rings. The van der Waals surface area contributed by atoms with Gasteiger partial charge in [-0.2, -0.15) is 0 Å². The van der Waals surface area contributed by atoms with Crippen molar-refractivity contribution in [3.63, 3.8) is 0 Å². The maximum absolute atomic E-state index is 12.4. The van der Waals surface area contributed by atoms with Crippen molar-refractivity contribution in [1.29, 1.82) is 0 Å². The molecular formula is C15H22N4O3S. The van der Waals surface area contributed by atoms with E-state index in [2.05, 4.69) is 15.1 Å². The summed E-state index contributed by atoms with van der Waals surface area (Å²) in [6, 6.07) is 0. The molecule has 0 bridgehead atoms. The molecule has 1 aromatic heterocycles. The van der Waals surface area contributed by atoms with Gasteiger partial charge < -0.3 is 9.64 Å². The second kappa shape index (κ2) is 6.33. The highest BCUT2D eigenvalue weighted by Crippen LogP contribution is 2.38. The maximum Gasteiger partial charge on any atom is 0.246 e. The third-order valence-electron chi connectivity index (χ3n) is 4.94. The number of fused-ring (bicyclic) bond motifs is 1. The predicted octanol–water partition coefficient (Wildman–Crippen LogP) is 1.24. The summed E-state index contributed by atoms with van der Waals surface area (Å²) in [4.78, 5) is 20.1. The molecule has 4 heterocycles. The quantitative estimate of drug-likeness (QED) is 0.826. The highest BCUT2D eigenvalue weighted by Gasteiger charge is 2.45. The molecule has 7 nitrogen and oxygen atoms in total. The molecule has 4 rings (SSSR count). The maximum atomic E-state index is 12.4. The lowest BCUT2D eigenvalue weighted by atomic mass is 9.90. The summed E-state index contributed by atoms with van der Waals surface area (Å²) in [7, 11) is 0. The van der Waals surface area contributed by atoms with Gasteiger partial charge >= 0.3 is 0 Å². The Bertz CT molecular complexity index is 575. The van der Waals surface area contributed by atoms with Crippen LogP contribution in [0.2, 0.25) is 0 Å². The topological polar surface area (TPSA) is 67.8 Å². The standard InChI is InChI=1S/C15H22N4O3S/c1-10-16-17-15(23-10)18-7-12-11(9-21-13(12)8-18)6-14(20)19-4-2-3-5-22-19/h11-13H,2-9H2,1H3/t11-,12-,13-/m1/s1. The minimum Gasteiger partial charge on any atom is -0.376 e. The van der Waals surface area contributed by atoms with Gasteiger partial charge in [-0.25, -0.2) is 5.06 Å². The van der Waals surface area contributed by atoms with Crippen molar-refractivity contribution in [3.05, 3.63) is 5.01 Å². The Morgan fingerprint density at radius 2 is 2.26 bits per heavy atom. The monoisotopic (exact) mass is 338 g/mol. The number of hydrogen-bond acceptors (Lipinski definition) is 7. The van der Waals surface area contributed by atoms with E-state index >= 15 is 0 Å². The lowest BCUT2D eigenvalue weighted by Crippen LogP contribution is -2.37. The lowest BCUT2D eigenvalue weighted by Gasteiger charge is -2.27. The summed E-state index contributed by atoms with van der Waals surface area (Å²) in [6.07, 6.45) is 2.80. The Balaban J connectivity index is 1.37. The molecule has 0 N–H and O–H groups in total. The van der Waals surface area contributed by atoms with E-state index in [1.54, 1.807) is 16.4 Å². The summed E-state index contributed by atoms with van der Waals surface area (Å²) in [5, 5.41) is 11.8. The third kappa shape index (κ3) is 3.07. The zero-order valence-electron chi connectivity index (χ0n) is 13.3. The molecule has 0 unspecified atom stereocenters. The van der Waals surface area contributed by atoms with Gasteiger partial charge in [0.2, 0.25) is 11.0 Å². The largest absolute Gasteiger partial charge is 0.376 e. The van der Waals surface area contributed by atoms with E-state index in [4.69, 9.17) is 9.57 Å². The molecule has 0 saturated carbocycles. The molecule has 1 amide bonds. The van der Waals surface area contributed by atoms with Crippen molar-refractivity contribution >= 4 is 22.4 Å². The number of hydroxylamine groups is 2. The first-order valence-electron chi connectivity index (χ1n) is 8.30. The van der Waals surface area contributed by atoms with E-state index in [0.29, 0.717) is 25.6 Å². The van der Waals surface area contributed by atoms with Crippen molar-refractivity contribution in [2.45, 2.75) is 32.3 Å². The summed E-state index contributed by atoms with van der Waals surface area (Å²) >= 11 is 1.61. The molecule has 1 aromatic rings. The van der Waals surface area contributed by atoms with Crippen LogP contribution in [0.1, 0.15) is 24.3 Å². The number of amides is 1. The van der Waals surface area contributed by atoms with E-state index in [0.717, 1.165) is 42.6 Å². The molecule has 3 aliphatic rings. The van der Waals surface area contributed by atoms with Crippen LogP contribution in [0.3, 0.4) is 0 Å². The van der Waals surface area contributed by atoms with Crippen LogP contribution in [0.4, 0.5) is 5.13 Å². The number of rotatable bonds is 3. The van der Waals surface area contributed by atoms with Crippen molar-refractivity contribution in [2.24, 2.45) is 11.8 Å². The molecule has 0 spiro atoms. The van der Waals surface area contributed by atoms with Gasteiger partial charge in [-0.3, -0.25) is 9.63 Å². The van der Waals surface area contributed by atoms with Crippen LogP contribution in [0.25, 0.3) is 0 Å². The van der Waals surface area contributed by atoms with Crippen LogP contribution in [0.15, 0.2) is 0 Å². The highest BCUT2D eigenvalue weighted by atomic mass is 32.1. The summed E-state index contributed by atoms with van der Waals surface area (Å²) in [5.74, 6) is 0.772. The van der Waals surface area contributed by atoms with Gasteiger partial charge in [-0.1, -0.05) is 11.3 Å². The highest BCUT2D eigenvalue weighted by molar-refractivity contribution is 7.15. The average Bonchev–Trinajstić information content (AvgIpc) is 3.25. The number of carbonyl (C=O) groups is 1. The number of nitrogens with zero attached hydrogens (tertiary/aromatic N) is 4. The van der Waals surface area contributed by atoms with Gasteiger partial charge in [0.1, 0.15) is 5.01 Å². The number of ether oxygens (including phenoxy) is 1. The lowest BCUT2D eigenvalue weighted by molar-refractivity contribution is -0.198. The van der Waals surface area contributed by atoms with E-state index in [-0.39, 0.29) is 17.9 Å². The Kier molecular flexibility index (Phi) is 4.21.